The highest BCUT2D eigenvalue weighted by Crippen LogP contribution is 2.34. The third-order valence-electron chi connectivity index (χ3n) is 4.73. The Hall–Kier alpha value is -2.68. The molecule has 2 nitrogen and oxygen atoms in total. The predicted octanol–water partition coefficient (Wildman–Crippen LogP) is 5.08. The molecule has 2 heteroatoms. The van der Waals surface area contributed by atoms with Gasteiger partial charge in [-0.2, -0.15) is 0 Å². The molecule has 0 bridgehead atoms. The Bertz CT molecular complexity index is 1040. The van der Waals surface area contributed by atoms with E-state index in [1.165, 1.54) is 10.8 Å². The maximum absolute atomic E-state index is 10.4. The Morgan fingerprint density at radius 3 is 2.24 bits per heavy atom. The van der Waals surface area contributed by atoms with Crippen LogP contribution in [0.2, 0.25) is 0 Å². The van der Waals surface area contributed by atoms with Crippen LogP contribution in [0.3, 0.4) is 0 Å². The Labute approximate surface area is 147 Å². The monoisotopic (exact) mass is 328 g/mol. The topological polar surface area (TPSA) is 40.5 Å². The van der Waals surface area contributed by atoms with Crippen molar-refractivity contribution in [1.82, 2.24) is 0 Å². The first-order chi connectivity index (χ1) is 12.3. The maximum Gasteiger partial charge on any atom is 0.0812 e. The summed E-state index contributed by atoms with van der Waals surface area (Å²) in [7, 11) is 0. The number of hydrogen-bond donors (Lipinski definition) is 2. The highest BCUT2D eigenvalue weighted by Gasteiger charge is 2.12. The van der Waals surface area contributed by atoms with Crippen LogP contribution in [-0.4, -0.2) is 16.8 Å². The molecule has 4 aromatic rings. The van der Waals surface area contributed by atoms with Gasteiger partial charge in [-0.15, -0.1) is 0 Å². The van der Waals surface area contributed by atoms with Gasteiger partial charge >= 0.3 is 0 Å². The minimum atomic E-state index is -0.659. The molecule has 0 fully saturated rings. The fraction of sp³-hybridized carbons (Fsp3) is 0.130. The first-order valence-corrected chi connectivity index (χ1v) is 8.57. The smallest absolute Gasteiger partial charge is 0.0812 e. The standard InChI is InChI=1S/C23H20O2/c24-12-11-23(25)20-14-18-7-3-4-8-21(18)22(15-20)19-10-9-16-5-1-2-6-17(16)13-19/h1-10,13-15,23-25H,11-12H2. The van der Waals surface area contributed by atoms with E-state index in [2.05, 4.69) is 42.5 Å². The van der Waals surface area contributed by atoms with Gasteiger partial charge < -0.3 is 10.2 Å². The van der Waals surface area contributed by atoms with E-state index in [4.69, 9.17) is 5.11 Å². The van der Waals surface area contributed by atoms with Crippen LogP contribution >= 0.6 is 0 Å². The van der Waals surface area contributed by atoms with Crippen LogP contribution in [0.25, 0.3) is 32.7 Å². The van der Waals surface area contributed by atoms with Crippen molar-refractivity contribution in [2.24, 2.45) is 0 Å². The Kier molecular flexibility index (Phi) is 4.22. The van der Waals surface area contributed by atoms with E-state index in [0.29, 0.717) is 6.42 Å². The van der Waals surface area contributed by atoms with Crippen LogP contribution in [0.1, 0.15) is 18.1 Å². The Morgan fingerprint density at radius 2 is 1.44 bits per heavy atom. The summed E-state index contributed by atoms with van der Waals surface area (Å²) in [5, 5.41) is 24.2. The van der Waals surface area contributed by atoms with E-state index >= 15 is 0 Å². The van der Waals surface area contributed by atoms with Crippen LogP contribution in [0.15, 0.2) is 78.9 Å². The van der Waals surface area contributed by atoms with Crippen molar-refractivity contribution >= 4 is 21.5 Å². The summed E-state index contributed by atoms with van der Waals surface area (Å²) in [6.07, 6.45) is -0.316. The van der Waals surface area contributed by atoms with Crippen LogP contribution in [0, 0.1) is 0 Å². The predicted molar refractivity (Wildman–Crippen MR) is 104 cm³/mol. The van der Waals surface area contributed by atoms with Crippen LogP contribution in [0.5, 0.6) is 0 Å². The van der Waals surface area contributed by atoms with Gasteiger partial charge in [0.1, 0.15) is 0 Å². The number of aliphatic hydroxyl groups excluding tert-OH is 2. The summed E-state index contributed by atoms with van der Waals surface area (Å²) < 4.78 is 0. The Morgan fingerprint density at radius 1 is 0.720 bits per heavy atom. The lowest BCUT2D eigenvalue weighted by molar-refractivity contribution is 0.134. The number of benzene rings is 4. The molecule has 2 N–H and O–H groups in total. The lowest BCUT2D eigenvalue weighted by atomic mass is 9.92. The first kappa shape index (κ1) is 15.8. The fourth-order valence-electron chi connectivity index (χ4n) is 3.41. The summed E-state index contributed by atoms with van der Waals surface area (Å²) in [4.78, 5) is 0. The van der Waals surface area contributed by atoms with Gasteiger partial charge in [0.05, 0.1) is 6.10 Å². The lowest BCUT2D eigenvalue weighted by Crippen LogP contribution is -2.00. The SMILES string of the molecule is OCCC(O)c1cc(-c2ccc3ccccc3c2)c2ccccc2c1. The quantitative estimate of drug-likeness (QED) is 0.549. The summed E-state index contributed by atoms with van der Waals surface area (Å²) in [6.45, 7) is -0.0285. The molecule has 0 spiro atoms. The molecule has 0 aliphatic heterocycles. The highest BCUT2D eigenvalue weighted by atomic mass is 16.3. The second-order valence-corrected chi connectivity index (χ2v) is 6.38. The minimum Gasteiger partial charge on any atom is -0.396 e. The molecule has 0 saturated heterocycles. The molecule has 0 aliphatic rings. The number of hydrogen-bond acceptors (Lipinski definition) is 2. The largest absolute Gasteiger partial charge is 0.396 e. The molecule has 0 aromatic heterocycles. The van der Waals surface area contributed by atoms with Crippen LogP contribution in [-0.2, 0) is 0 Å². The average molecular weight is 328 g/mol. The fourth-order valence-corrected chi connectivity index (χ4v) is 3.41. The molecule has 25 heavy (non-hydrogen) atoms. The maximum atomic E-state index is 10.4. The molecule has 1 atom stereocenters. The van der Waals surface area contributed by atoms with E-state index in [1.54, 1.807) is 0 Å². The number of aliphatic hydroxyl groups is 2. The van der Waals surface area contributed by atoms with E-state index in [9.17, 15) is 5.11 Å². The molecule has 0 amide bonds. The van der Waals surface area contributed by atoms with Crippen molar-refractivity contribution in [2.75, 3.05) is 6.61 Å². The molecule has 124 valence electrons. The van der Waals surface area contributed by atoms with E-state index in [0.717, 1.165) is 27.5 Å². The molecule has 0 radical (unpaired) electrons. The van der Waals surface area contributed by atoms with Gasteiger partial charge in [-0.3, -0.25) is 0 Å². The van der Waals surface area contributed by atoms with Gasteiger partial charge in [0, 0.05) is 13.0 Å². The van der Waals surface area contributed by atoms with Crippen LogP contribution in [0.4, 0.5) is 0 Å². The lowest BCUT2D eigenvalue weighted by Gasteiger charge is -2.15. The summed E-state index contributed by atoms with van der Waals surface area (Å²) >= 11 is 0. The van der Waals surface area contributed by atoms with Gasteiger partial charge in [0.25, 0.3) is 0 Å². The van der Waals surface area contributed by atoms with Gasteiger partial charge in [0.15, 0.2) is 0 Å². The number of fused-ring (bicyclic) bond motifs is 2. The van der Waals surface area contributed by atoms with Crippen molar-refractivity contribution in [1.29, 1.82) is 0 Å². The second kappa shape index (κ2) is 6.67. The summed E-state index contributed by atoms with van der Waals surface area (Å²) in [5.74, 6) is 0. The molecule has 0 aliphatic carbocycles. The van der Waals surface area contributed by atoms with Crippen molar-refractivity contribution in [3.05, 3.63) is 84.4 Å². The molecule has 1 unspecified atom stereocenters. The Balaban J connectivity index is 1.94. The first-order valence-electron chi connectivity index (χ1n) is 8.57. The van der Waals surface area contributed by atoms with Gasteiger partial charge in [-0.05, 0) is 56.4 Å². The highest BCUT2D eigenvalue weighted by molar-refractivity contribution is 5.99. The van der Waals surface area contributed by atoms with E-state index in [-0.39, 0.29) is 6.61 Å². The average Bonchev–Trinajstić information content (AvgIpc) is 2.67. The van der Waals surface area contributed by atoms with E-state index < -0.39 is 6.10 Å². The minimum absolute atomic E-state index is 0.0285. The number of rotatable bonds is 4. The molecular formula is C23H20O2. The van der Waals surface area contributed by atoms with Crippen LogP contribution < -0.4 is 0 Å². The second-order valence-electron chi connectivity index (χ2n) is 6.38. The molecule has 0 heterocycles. The van der Waals surface area contributed by atoms with Gasteiger partial charge in [-0.25, -0.2) is 0 Å². The van der Waals surface area contributed by atoms with Crippen molar-refractivity contribution in [2.45, 2.75) is 12.5 Å². The molecular weight excluding hydrogens is 308 g/mol. The zero-order chi connectivity index (χ0) is 17.2. The molecule has 0 saturated carbocycles. The summed E-state index contributed by atoms with van der Waals surface area (Å²) in [5.41, 5.74) is 3.08. The third kappa shape index (κ3) is 3.02. The van der Waals surface area contributed by atoms with Gasteiger partial charge in [-0.1, -0.05) is 60.7 Å². The zero-order valence-electron chi connectivity index (χ0n) is 13.9. The van der Waals surface area contributed by atoms with Gasteiger partial charge in [0.2, 0.25) is 0 Å². The third-order valence-corrected chi connectivity index (χ3v) is 4.73. The molecule has 4 aromatic carbocycles. The van der Waals surface area contributed by atoms with Crippen molar-refractivity contribution in [3.63, 3.8) is 0 Å². The molecule has 4 rings (SSSR count). The van der Waals surface area contributed by atoms with Crippen molar-refractivity contribution < 1.29 is 10.2 Å². The normalized spacial score (nSPS) is 12.6. The van der Waals surface area contributed by atoms with Crippen molar-refractivity contribution in [3.8, 4) is 11.1 Å². The van der Waals surface area contributed by atoms with E-state index in [1.807, 2.05) is 36.4 Å². The zero-order valence-corrected chi connectivity index (χ0v) is 13.9. The summed E-state index contributed by atoms with van der Waals surface area (Å²) in [6, 6.07) is 27.1.